The maximum Gasteiger partial charge on any atom is 0.258 e. The molecule has 154 valence electrons. The van der Waals surface area contributed by atoms with Crippen molar-refractivity contribution in [3.8, 4) is 16.3 Å². The molecule has 0 atom stereocenters. The molecule has 3 aliphatic carbocycles. The molecule has 0 saturated heterocycles. The first-order chi connectivity index (χ1) is 14.4. The predicted molar refractivity (Wildman–Crippen MR) is 118 cm³/mol. The molecule has 1 amide bonds. The summed E-state index contributed by atoms with van der Waals surface area (Å²) in [5, 5.41) is 18.1. The second-order valence-corrected chi connectivity index (χ2v) is 9.78. The number of anilines is 1. The average molecular weight is 461 g/mol. The van der Waals surface area contributed by atoms with Crippen LogP contribution in [-0.4, -0.2) is 33.8 Å². The van der Waals surface area contributed by atoms with Crippen molar-refractivity contribution in [1.82, 2.24) is 15.5 Å². The molecule has 2 N–H and O–H groups in total. The molecule has 3 aromatic rings. The van der Waals surface area contributed by atoms with Crippen LogP contribution < -0.4 is 15.4 Å². The second kappa shape index (κ2) is 7.41. The summed E-state index contributed by atoms with van der Waals surface area (Å²) in [6.07, 6.45) is 2.63. The highest BCUT2D eigenvalue weighted by molar-refractivity contribution is 7.18. The van der Waals surface area contributed by atoms with E-state index in [1.807, 2.05) is 24.3 Å². The first kappa shape index (κ1) is 19.6. The number of benzene rings is 2. The lowest BCUT2D eigenvalue weighted by Crippen LogP contribution is -2.81. The third kappa shape index (κ3) is 3.85. The standard InChI is InChI=1S/C21H18Cl2N4O2S/c22-14-3-1-13(2-4-14)18-26-27-19(30-18)25-21-10-20(11-21,12-21)24-17(28)9-29-16-7-5-15(23)6-8-16/h1-8H,9-12H2,(H,24,28)(H,25,27). The number of carbonyl (C=O) groups is 1. The van der Waals surface area contributed by atoms with E-state index in [1.54, 1.807) is 24.3 Å². The van der Waals surface area contributed by atoms with Gasteiger partial charge in [0, 0.05) is 26.7 Å². The van der Waals surface area contributed by atoms with Crippen molar-refractivity contribution in [1.29, 1.82) is 0 Å². The van der Waals surface area contributed by atoms with Gasteiger partial charge in [-0.3, -0.25) is 4.79 Å². The summed E-state index contributed by atoms with van der Waals surface area (Å²) in [5.74, 6) is 0.511. The lowest BCUT2D eigenvalue weighted by molar-refractivity contribution is -0.135. The number of rotatable bonds is 7. The van der Waals surface area contributed by atoms with Crippen LogP contribution in [0.15, 0.2) is 48.5 Å². The molecule has 0 spiro atoms. The number of aromatic nitrogens is 2. The van der Waals surface area contributed by atoms with Gasteiger partial charge in [0.2, 0.25) is 5.13 Å². The Bertz CT molecular complexity index is 1070. The highest BCUT2D eigenvalue weighted by atomic mass is 35.5. The summed E-state index contributed by atoms with van der Waals surface area (Å²) in [6.45, 7) is -0.00926. The first-order valence-electron chi connectivity index (χ1n) is 9.50. The second-order valence-electron chi connectivity index (χ2n) is 7.93. The van der Waals surface area contributed by atoms with Crippen LogP contribution in [0.2, 0.25) is 10.0 Å². The molecule has 0 aliphatic heterocycles. The quantitative estimate of drug-likeness (QED) is 0.529. The van der Waals surface area contributed by atoms with Gasteiger partial charge in [0.1, 0.15) is 10.8 Å². The fraction of sp³-hybridized carbons (Fsp3) is 0.286. The Kier molecular flexibility index (Phi) is 4.84. The molecule has 2 bridgehead atoms. The fourth-order valence-electron chi connectivity index (χ4n) is 4.27. The predicted octanol–water partition coefficient (Wildman–Crippen LogP) is 4.79. The van der Waals surface area contributed by atoms with Crippen LogP contribution in [0.3, 0.4) is 0 Å². The van der Waals surface area contributed by atoms with Crippen molar-refractivity contribution >= 4 is 45.6 Å². The summed E-state index contributed by atoms with van der Waals surface area (Å²) in [4.78, 5) is 12.3. The molecule has 9 heteroatoms. The van der Waals surface area contributed by atoms with E-state index in [9.17, 15) is 4.79 Å². The Labute approximate surface area is 187 Å². The van der Waals surface area contributed by atoms with E-state index >= 15 is 0 Å². The summed E-state index contributed by atoms with van der Waals surface area (Å²) in [6, 6.07) is 14.5. The number of nitrogens with one attached hydrogen (secondary N) is 2. The van der Waals surface area contributed by atoms with Crippen molar-refractivity contribution < 1.29 is 9.53 Å². The highest BCUT2D eigenvalue weighted by Gasteiger charge is 2.69. The number of amides is 1. The van der Waals surface area contributed by atoms with E-state index in [0.717, 1.165) is 35.0 Å². The van der Waals surface area contributed by atoms with Crippen molar-refractivity contribution in [2.24, 2.45) is 0 Å². The molecule has 2 aromatic carbocycles. The van der Waals surface area contributed by atoms with Crippen LogP contribution in [-0.2, 0) is 4.79 Å². The normalized spacial score (nSPS) is 23.8. The van der Waals surface area contributed by atoms with Crippen LogP contribution in [0.25, 0.3) is 10.6 Å². The fourth-order valence-corrected chi connectivity index (χ4v) is 5.39. The number of nitrogens with zero attached hydrogens (tertiary/aromatic N) is 2. The van der Waals surface area contributed by atoms with Gasteiger partial charge in [-0.05, 0) is 55.7 Å². The Morgan fingerprint density at radius 2 is 1.60 bits per heavy atom. The van der Waals surface area contributed by atoms with Gasteiger partial charge in [0.05, 0.1) is 0 Å². The zero-order chi connectivity index (χ0) is 20.8. The number of halogens is 2. The van der Waals surface area contributed by atoms with E-state index in [0.29, 0.717) is 15.8 Å². The number of hydrogen-bond acceptors (Lipinski definition) is 6. The van der Waals surface area contributed by atoms with E-state index < -0.39 is 0 Å². The van der Waals surface area contributed by atoms with Crippen LogP contribution in [0, 0.1) is 0 Å². The molecule has 3 aliphatic rings. The van der Waals surface area contributed by atoms with Gasteiger partial charge >= 0.3 is 0 Å². The first-order valence-corrected chi connectivity index (χ1v) is 11.1. The smallest absolute Gasteiger partial charge is 0.258 e. The van der Waals surface area contributed by atoms with E-state index in [4.69, 9.17) is 27.9 Å². The van der Waals surface area contributed by atoms with Gasteiger partial charge < -0.3 is 15.4 Å². The molecular formula is C21H18Cl2N4O2S. The van der Waals surface area contributed by atoms with Crippen molar-refractivity contribution in [2.45, 2.75) is 30.3 Å². The maximum absolute atomic E-state index is 12.3. The Morgan fingerprint density at radius 3 is 2.27 bits per heavy atom. The average Bonchev–Trinajstić information content (AvgIpc) is 3.14. The van der Waals surface area contributed by atoms with Gasteiger partial charge in [0.25, 0.3) is 5.91 Å². The zero-order valence-corrected chi connectivity index (χ0v) is 18.2. The third-order valence-corrected chi connectivity index (χ3v) is 6.90. The van der Waals surface area contributed by atoms with E-state index in [-0.39, 0.29) is 23.6 Å². The molecule has 0 unspecified atom stereocenters. The van der Waals surface area contributed by atoms with Crippen LogP contribution in [0.1, 0.15) is 19.3 Å². The van der Waals surface area contributed by atoms with Gasteiger partial charge in [-0.2, -0.15) is 0 Å². The summed E-state index contributed by atoms with van der Waals surface area (Å²) >= 11 is 13.3. The van der Waals surface area contributed by atoms with Gasteiger partial charge in [0.15, 0.2) is 6.61 Å². The lowest BCUT2D eigenvalue weighted by atomic mass is 9.44. The molecule has 30 heavy (non-hydrogen) atoms. The Hall–Kier alpha value is -2.35. The molecule has 6 nitrogen and oxygen atoms in total. The molecule has 1 aromatic heterocycles. The minimum Gasteiger partial charge on any atom is -0.484 e. The van der Waals surface area contributed by atoms with E-state index in [1.165, 1.54) is 11.3 Å². The van der Waals surface area contributed by atoms with Crippen LogP contribution in [0.5, 0.6) is 5.75 Å². The monoisotopic (exact) mass is 460 g/mol. The zero-order valence-electron chi connectivity index (χ0n) is 15.8. The van der Waals surface area contributed by atoms with Gasteiger partial charge in [-0.15, -0.1) is 10.2 Å². The Balaban J connectivity index is 1.11. The molecule has 3 fully saturated rings. The summed E-state index contributed by atoms with van der Waals surface area (Å²) in [5.41, 5.74) is 0.866. The van der Waals surface area contributed by atoms with E-state index in [2.05, 4.69) is 20.8 Å². The molecule has 1 heterocycles. The number of hydrogen-bond donors (Lipinski definition) is 2. The van der Waals surface area contributed by atoms with Crippen molar-refractivity contribution in [3.63, 3.8) is 0 Å². The minimum atomic E-state index is -0.128. The lowest BCUT2D eigenvalue weighted by Gasteiger charge is -2.70. The minimum absolute atomic E-state index is 0.00111. The molecule has 6 rings (SSSR count). The topological polar surface area (TPSA) is 76.1 Å². The largest absolute Gasteiger partial charge is 0.484 e. The molecule has 0 radical (unpaired) electrons. The van der Waals surface area contributed by atoms with Crippen molar-refractivity contribution in [3.05, 3.63) is 58.6 Å². The Morgan fingerprint density at radius 1 is 0.967 bits per heavy atom. The number of carbonyl (C=O) groups excluding carboxylic acids is 1. The van der Waals surface area contributed by atoms with Gasteiger partial charge in [-0.1, -0.05) is 46.7 Å². The SMILES string of the molecule is O=C(COc1ccc(Cl)cc1)NC12CC(Nc3nnc(-c4ccc(Cl)cc4)s3)(C1)C2. The molecular weight excluding hydrogens is 443 g/mol. The summed E-state index contributed by atoms with van der Waals surface area (Å²) in [7, 11) is 0. The molecule has 3 saturated carbocycles. The third-order valence-electron chi connectivity index (χ3n) is 5.51. The highest BCUT2D eigenvalue weighted by Crippen LogP contribution is 2.61. The van der Waals surface area contributed by atoms with Crippen molar-refractivity contribution in [2.75, 3.05) is 11.9 Å². The number of ether oxygens (including phenoxy) is 1. The van der Waals surface area contributed by atoms with Crippen LogP contribution >= 0.6 is 34.5 Å². The van der Waals surface area contributed by atoms with Crippen LogP contribution in [0.4, 0.5) is 5.13 Å². The maximum atomic E-state index is 12.3. The summed E-state index contributed by atoms with van der Waals surface area (Å²) < 4.78 is 5.52. The van der Waals surface area contributed by atoms with Gasteiger partial charge in [-0.25, -0.2) is 0 Å².